The summed E-state index contributed by atoms with van der Waals surface area (Å²) >= 11 is 0. The second-order valence-corrected chi connectivity index (χ2v) is 11.5. The lowest BCUT2D eigenvalue weighted by molar-refractivity contribution is 1.18. The molecule has 0 saturated carbocycles. The lowest BCUT2D eigenvalue weighted by atomic mass is 9.93. The molecule has 0 amide bonds. The Labute approximate surface area is 259 Å². The molecule has 0 N–H and O–H groups in total. The molecule has 0 unspecified atom stereocenters. The smallest absolute Gasteiger partial charge is 0.0991 e. The summed E-state index contributed by atoms with van der Waals surface area (Å²) in [7, 11) is 0. The molecule has 3 nitrogen and oxygen atoms in total. The van der Waals surface area contributed by atoms with E-state index in [0.717, 1.165) is 54.9 Å². The summed E-state index contributed by atoms with van der Waals surface area (Å²) in [5, 5.41) is 16.4. The fourth-order valence-corrected chi connectivity index (χ4v) is 6.89. The minimum atomic E-state index is 0.672. The Hall–Kier alpha value is -6.24. The Bertz CT molecular complexity index is 2640. The van der Waals surface area contributed by atoms with Crippen LogP contribution in [0.15, 0.2) is 152 Å². The van der Waals surface area contributed by atoms with E-state index in [1.165, 1.54) is 27.5 Å². The van der Waals surface area contributed by atoms with Crippen molar-refractivity contribution in [3.8, 4) is 34.0 Å². The van der Waals surface area contributed by atoms with Gasteiger partial charge in [-0.15, -0.1) is 0 Å². The molecule has 7 aromatic carbocycles. The Balaban J connectivity index is 1.14. The highest BCUT2D eigenvalue weighted by molar-refractivity contribution is 6.17. The van der Waals surface area contributed by atoms with E-state index >= 15 is 0 Å². The Morgan fingerprint density at radius 1 is 0.489 bits per heavy atom. The molecule has 0 radical (unpaired) electrons. The quantitative estimate of drug-likeness (QED) is 0.156. The zero-order valence-electron chi connectivity index (χ0n) is 24.3. The Morgan fingerprint density at radius 3 is 1.93 bits per heavy atom. The van der Waals surface area contributed by atoms with Gasteiger partial charge in [-0.2, -0.15) is 5.26 Å². The maximum Gasteiger partial charge on any atom is 0.0991 e. The molecule has 0 atom stereocenters. The number of para-hydroxylation sites is 2. The van der Waals surface area contributed by atoms with Crippen LogP contribution in [-0.4, -0.2) is 9.55 Å². The molecule has 9 aromatic rings. The zero-order chi connectivity index (χ0) is 29.9. The van der Waals surface area contributed by atoms with Crippen LogP contribution < -0.4 is 0 Å². The minimum Gasteiger partial charge on any atom is -0.309 e. The first-order valence-electron chi connectivity index (χ1n) is 15.1. The molecule has 3 heteroatoms. The predicted molar refractivity (Wildman–Crippen MR) is 187 cm³/mol. The van der Waals surface area contributed by atoms with Crippen molar-refractivity contribution in [1.82, 2.24) is 9.55 Å². The second kappa shape index (κ2) is 9.91. The van der Waals surface area contributed by atoms with Crippen molar-refractivity contribution in [2.24, 2.45) is 0 Å². The van der Waals surface area contributed by atoms with Gasteiger partial charge in [0.05, 0.1) is 33.7 Å². The van der Waals surface area contributed by atoms with E-state index in [2.05, 4.69) is 150 Å². The fourth-order valence-electron chi connectivity index (χ4n) is 6.89. The van der Waals surface area contributed by atoms with Gasteiger partial charge >= 0.3 is 0 Å². The summed E-state index contributed by atoms with van der Waals surface area (Å²) in [5.41, 5.74) is 10.7. The van der Waals surface area contributed by atoms with Gasteiger partial charge in [0.2, 0.25) is 0 Å². The molecule has 2 heterocycles. The van der Waals surface area contributed by atoms with Crippen molar-refractivity contribution in [1.29, 1.82) is 5.26 Å². The molecule has 0 bridgehead atoms. The van der Waals surface area contributed by atoms with E-state index in [1.807, 2.05) is 12.1 Å². The third-order valence-electron chi connectivity index (χ3n) is 9.01. The first-order chi connectivity index (χ1) is 22.3. The summed E-state index contributed by atoms with van der Waals surface area (Å²) in [5.74, 6) is 0. The van der Waals surface area contributed by atoms with Crippen LogP contribution in [0.5, 0.6) is 0 Å². The molecule has 0 spiro atoms. The van der Waals surface area contributed by atoms with E-state index in [4.69, 9.17) is 4.98 Å². The standard InChI is InChI=1S/C42H25N3/c43-26-27-13-24-40-37(25-27)34-9-4-6-12-39(34)45(40)32-21-18-29(19-22-32)28-14-16-31(17-15-28)41-35-10-3-5-11-38(35)44-42-33-8-2-1-7-30(33)20-23-36(41)42/h1-25H. The van der Waals surface area contributed by atoms with Crippen molar-refractivity contribution >= 4 is 54.4 Å². The molecule has 0 saturated heterocycles. The molecular formula is C42H25N3. The zero-order valence-corrected chi connectivity index (χ0v) is 24.3. The number of hydrogen-bond donors (Lipinski definition) is 0. The largest absolute Gasteiger partial charge is 0.309 e. The number of aromatic nitrogens is 2. The number of nitrogens with zero attached hydrogens (tertiary/aromatic N) is 3. The lowest BCUT2D eigenvalue weighted by Gasteiger charge is -2.14. The highest BCUT2D eigenvalue weighted by Crippen LogP contribution is 2.39. The van der Waals surface area contributed by atoms with Crippen molar-refractivity contribution in [2.75, 3.05) is 0 Å². The van der Waals surface area contributed by atoms with Crippen molar-refractivity contribution in [3.05, 3.63) is 157 Å². The van der Waals surface area contributed by atoms with Gasteiger partial charge in [-0.05, 0) is 64.5 Å². The fraction of sp³-hybridized carbons (Fsp3) is 0. The number of nitriles is 1. The normalized spacial score (nSPS) is 11.5. The maximum atomic E-state index is 9.49. The molecule has 0 fully saturated rings. The molecule has 9 rings (SSSR count). The van der Waals surface area contributed by atoms with E-state index in [1.54, 1.807) is 0 Å². The van der Waals surface area contributed by atoms with Gasteiger partial charge in [-0.3, -0.25) is 0 Å². The molecule has 0 aliphatic carbocycles. The average Bonchev–Trinajstić information content (AvgIpc) is 3.44. The number of pyridine rings is 1. The van der Waals surface area contributed by atoms with Crippen molar-refractivity contribution in [2.45, 2.75) is 0 Å². The van der Waals surface area contributed by atoms with Crippen molar-refractivity contribution in [3.63, 3.8) is 0 Å². The topological polar surface area (TPSA) is 41.6 Å². The SMILES string of the molecule is N#Cc1ccc2c(c1)c1ccccc1n2-c1ccc(-c2ccc(-c3c4ccccc4nc4c3ccc3ccccc34)cc2)cc1. The van der Waals surface area contributed by atoms with Crippen LogP contribution in [0.4, 0.5) is 0 Å². The van der Waals surface area contributed by atoms with E-state index in [0.29, 0.717) is 5.56 Å². The lowest BCUT2D eigenvalue weighted by Crippen LogP contribution is -1.94. The van der Waals surface area contributed by atoms with Gasteiger partial charge in [0.15, 0.2) is 0 Å². The van der Waals surface area contributed by atoms with Crippen molar-refractivity contribution < 1.29 is 0 Å². The van der Waals surface area contributed by atoms with Crippen LogP contribution in [0.1, 0.15) is 5.56 Å². The highest BCUT2D eigenvalue weighted by Gasteiger charge is 2.15. The van der Waals surface area contributed by atoms with E-state index < -0.39 is 0 Å². The monoisotopic (exact) mass is 571 g/mol. The third kappa shape index (κ3) is 3.94. The van der Waals surface area contributed by atoms with E-state index in [-0.39, 0.29) is 0 Å². The summed E-state index contributed by atoms with van der Waals surface area (Å²) in [4.78, 5) is 5.12. The Kier molecular flexibility index (Phi) is 5.57. The minimum absolute atomic E-state index is 0.672. The second-order valence-electron chi connectivity index (χ2n) is 11.5. The first kappa shape index (κ1) is 25.3. The molecule has 0 aliphatic rings. The predicted octanol–water partition coefficient (Wildman–Crippen LogP) is 10.8. The van der Waals surface area contributed by atoms with Crippen LogP contribution in [0.2, 0.25) is 0 Å². The molecule has 0 aliphatic heterocycles. The summed E-state index contributed by atoms with van der Waals surface area (Å²) in [6, 6.07) is 55.6. The van der Waals surface area contributed by atoms with Gasteiger partial charge in [-0.25, -0.2) is 4.98 Å². The Morgan fingerprint density at radius 2 is 1.13 bits per heavy atom. The van der Waals surface area contributed by atoms with Crippen LogP contribution in [0.25, 0.3) is 82.3 Å². The third-order valence-corrected chi connectivity index (χ3v) is 9.01. The van der Waals surface area contributed by atoms with Crippen LogP contribution >= 0.6 is 0 Å². The van der Waals surface area contributed by atoms with Crippen LogP contribution in [0.3, 0.4) is 0 Å². The van der Waals surface area contributed by atoms with Crippen LogP contribution in [-0.2, 0) is 0 Å². The van der Waals surface area contributed by atoms with Gasteiger partial charge in [0.1, 0.15) is 0 Å². The van der Waals surface area contributed by atoms with Gasteiger partial charge in [0, 0.05) is 38.2 Å². The molecule has 2 aromatic heterocycles. The molecular weight excluding hydrogens is 546 g/mol. The summed E-state index contributed by atoms with van der Waals surface area (Å²) in [6.07, 6.45) is 0. The average molecular weight is 572 g/mol. The van der Waals surface area contributed by atoms with E-state index in [9.17, 15) is 5.26 Å². The van der Waals surface area contributed by atoms with Gasteiger partial charge in [0.25, 0.3) is 0 Å². The highest BCUT2D eigenvalue weighted by atomic mass is 15.0. The maximum absolute atomic E-state index is 9.49. The number of rotatable bonds is 3. The van der Waals surface area contributed by atoms with Gasteiger partial charge < -0.3 is 4.57 Å². The number of hydrogen-bond acceptors (Lipinski definition) is 2. The molecule has 208 valence electrons. The van der Waals surface area contributed by atoms with Crippen LogP contribution in [0, 0.1) is 11.3 Å². The first-order valence-corrected chi connectivity index (χ1v) is 15.1. The number of fused-ring (bicyclic) bond motifs is 7. The van der Waals surface area contributed by atoms with Gasteiger partial charge in [-0.1, -0.05) is 109 Å². The molecule has 45 heavy (non-hydrogen) atoms. The number of benzene rings is 7. The summed E-state index contributed by atoms with van der Waals surface area (Å²) in [6.45, 7) is 0. The summed E-state index contributed by atoms with van der Waals surface area (Å²) < 4.78 is 2.28.